The van der Waals surface area contributed by atoms with Gasteiger partial charge in [0.25, 0.3) is 0 Å². The zero-order chi connectivity index (χ0) is 11.4. The van der Waals surface area contributed by atoms with E-state index >= 15 is 0 Å². The van der Waals surface area contributed by atoms with E-state index in [0.29, 0.717) is 19.7 Å². The molecule has 0 unspecified atom stereocenters. The van der Waals surface area contributed by atoms with E-state index in [1.807, 2.05) is 6.92 Å². The Morgan fingerprint density at radius 2 is 2.20 bits per heavy atom. The van der Waals surface area contributed by atoms with Crippen LogP contribution in [0.3, 0.4) is 0 Å². The molecular formula is C11H20N2O2. The maximum Gasteiger partial charge on any atom is 0.233 e. The van der Waals surface area contributed by atoms with Crippen molar-refractivity contribution < 1.29 is 9.53 Å². The summed E-state index contributed by atoms with van der Waals surface area (Å²) in [5.74, 6) is 5.74. The van der Waals surface area contributed by atoms with E-state index in [-0.39, 0.29) is 5.91 Å². The zero-order valence-electron chi connectivity index (χ0n) is 9.56. The molecule has 0 fully saturated rings. The number of methoxy groups -OCH3 is 1. The fourth-order valence-electron chi connectivity index (χ4n) is 0.985. The topological polar surface area (TPSA) is 50.4 Å². The van der Waals surface area contributed by atoms with Gasteiger partial charge < -0.3 is 15.4 Å². The van der Waals surface area contributed by atoms with Crippen molar-refractivity contribution in [3.63, 3.8) is 0 Å². The maximum atomic E-state index is 11.2. The number of carbonyl (C=O) groups is 1. The minimum atomic E-state index is 0.0237. The molecule has 0 spiro atoms. The lowest BCUT2D eigenvalue weighted by atomic mass is 10.4. The molecule has 0 bridgehead atoms. The van der Waals surface area contributed by atoms with Gasteiger partial charge in [-0.15, -0.1) is 11.8 Å². The minimum Gasteiger partial charge on any atom is -0.385 e. The molecule has 0 saturated heterocycles. The van der Waals surface area contributed by atoms with Crippen molar-refractivity contribution in [2.45, 2.75) is 19.8 Å². The molecule has 0 saturated carbocycles. The molecule has 0 aliphatic rings. The highest BCUT2D eigenvalue weighted by atomic mass is 16.5. The zero-order valence-corrected chi connectivity index (χ0v) is 9.56. The van der Waals surface area contributed by atoms with Crippen LogP contribution in [0.15, 0.2) is 0 Å². The maximum absolute atomic E-state index is 11.2. The van der Waals surface area contributed by atoms with Crippen molar-refractivity contribution in [3.05, 3.63) is 0 Å². The summed E-state index contributed by atoms with van der Waals surface area (Å²) in [5, 5.41) is 5.81. The van der Waals surface area contributed by atoms with Gasteiger partial charge in [0.2, 0.25) is 5.91 Å². The van der Waals surface area contributed by atoms with Gasteiger partial charge in [-0.2, -0.15) is 0 Å². The third kappa shape index (κ3) is 10.9. The molecule has 0 aromatic carbocycles. The van der Waals surface area contributed by atoms with Crippen molar-refractivity contribution in [2.75, 3.05) is 33.4 Å². The summed E-state index contributed by atoms with van der Waals surface area (Å²) >= 11 is 0. The molecule has 0 radical (unpaired) electrons. The van der Waals surface area contributed by atoms with Crippen molar-refractivity contribution in [3.8, 4) is 11.8 Å². The first-order valence-electron chi connectivity index (χ1n) is 5.17. The van der Waals surface area contributed by atoms with Gasteiger partial charge in [-0.05, 0) is 13.3 Å². The van der Waals surface area contributed by atoms with E-state index in [1.54, 1.807) is 7.11 Å². The molecule has 1 amide bonds. The Balaban J connectivity index is 3.21. The highest BCUT2D eigenvalue weighted by molar-refractivity contribution is 5.77. The summed E-state index contributed by atoms with van der Waals surface area (Å²) in [5.41, 5.74) is 0. The number of rotatable bonds is 8. The van der Waals surface area contributed by atoms with E-state index in [9.17, 15) is 4.79 Å². The summed E-state index contributed by atoms with van der Waals surface area (Å²) < 4.78 is 4.87. The number of hydrogen-bond donors (Lipinski definition) is 2. The van der Waals surface area contributed by atoms with E-state index < -0.39 is 0 Å². The van der Waals surface area contributed by atoms with Crippen LogP contribution in [0.1, 0.15) is 19.8 Å². The van der Waals surface area contributed by atoms with E-state index in [2.05, 4.69) is 22.5 Å². The first kappa shape index (κ1) is 13.9. The molecule has 0 aromatic rings. The van der Waals surface area contributed by atoms with Gasteiger partial charge in [0.05, 0.1) is 6.54 Å². The molecule has 4 heteroatoms. The first-order valence-corrected chi connectivity index (χ1v) is 5.17. The number of ether oxygens (including phenoxy) is 1. The summed E-state index contributed by atoms with van der Waals surface area (Å²) in [6.07, 6.45) is 1.64. The average molecular weight is 212 g/mol. The van der Waals surface area contributed by atoms with Crippen LogP contribution >= 0.6 is 0 Å². The molecule has 2 N–H and O–H groups in total. The Morgan fingerprint density at radius 1 is 1.40 bits per heavy atom. The van der Waals surface area contributed by atoms with Gasteiger partial charge in [-0.25, -0.2) is 0 Å². The third-order valence-electron chi connectivity index (χ3n) is 1.74. The molecule has 86 valence electrons. The fourth-order valence-corrected chi connectivity index (χ4v) is 0.985. The monoisotopic (exact) mass is 212 g/mol. The van der Waals surface area contributed by atoms with Crippen LogP contribution in [0.2, 0.25) is 0 Å². The van der Waals surface area contributed by atoms with Crippen LogP contribution in [-0.2, 0) is 9.53 Å². The number of nitrogens with one attached hydrogen (secondary N) is 2. The summed E-state index contributed by atoms with van der Waals surface area (Å²) in [7, 11) is 1.65. The fraction of sp³-hybridized carbons (Fsp3) is 0.727. The average Bonchev–Trinajstić information content (AvgIpc) is 2.24. The van der Waals surface area contributed by atoms with Crippen molar-refractivity contribution in [1.29, 1.82) is 0 Å². The number of hydrogen-bond acceptors (Lipinski definition) is 3. The molecule has 0 heterocycles. The highest BCUT2D eigenvalue weighted by Gasteiger charge is 1.98. The standard InChI is InChI=1S/C11H20N2O2/c1-3-4-5-7-12-10-11(14)13-8-6-9-15-2/h12H,5-10H2,1-2H3,(H,13,14). The molecule has 0 rings (SSSR count). The first-order chi connectivity index (χ1) is 7.31. The van der Waals surface area contributed by atoms with Gasteiger partial charge in [0.1, 0.15) is 0 Å². The Bertz CT molecular complexity index is 218. The van der Waals surface area contributed by atoms with Crippen LogP contribution in [-0.4, -0.2) is 39.3 Å². The van der Waals surface area contributed by atoms with Crippen LogP contribution < -0.4 is 10.6 Å². The molecule has 0 aromatic heterocycles. The largest absolute Gasteiger partial charge is 0.385 e. The van der Waals surface area contributed by atoms with E-state index in [1.165, 1.54) is 0 Å². The molecular weight excluding hydrogens is 192 g/mol. The predicted molar refractivity (Wildman–Crippen MR) is 60.4 cm³/mol. The molecule has 4 nitrogen and oxygen atoms in total. The second kappa shape index (κ2) is 11.0. The lowest BCUT2D eigenvalue weighted by Crippen LogP contribution is -2.35. The lowest BCUT2D eigenvalue weighted by molar-refractivity contribution is -0.120. The van der Waals surface area contributed by atoms with Crippen LogP contribution in [0.5, 0.6) is 0 Å². The molecule has 0 aliphatic heterocycles. The van der Waals surface area contributed by atoms with Gasteiger partial charge in [0.15, 0.2) is 0 Å². The van der Waals surface area contributed by atoms with Gasteiger partial charge in [-0.3, -0.25) is 4.79 Å². The molecule has 0 atom stereocenters. The SMILES string of the molecule is CC#CCCNCC(=O)NCCCOC. The summed E-state index contributed by atoms with van der Waals surface area (Å²) in [4.78, 5) is 11.2. The second-order valence-electron chi connectivity index (χ2n) is 3.05. The summed E-state index contributed by atoms with van der Waals surface area (Å²) in [6.45, 7) is 4.27. The van der Waals surface area contributed by atoms with E-state index in [0.717, 1.165) is 19.4 Å². The van der Waals surface area contributed by atoms with Gasteiger partial charge in [0, 0.05) is 33.2 Å². The molecule has 0 aliphatic carbocycles. The minimum absolute atomic E-state index is 0.0237. The summed E-state index contributed by atoms with van der Waals surface area (Å²) in [6, 6.07) is 0. The lowest BCUT2D eigenvalue weighted by Gasteiger charge is -2.05. The van der Waals surface area contributed by atoms with Crippen molar-refractivity contribution in [2.24, 2.45) is 0 Å². The van der Waals surface area contributed by atoms with Crippen LogP contribution in [0.25, 0.3) is 0 Å². The Kier molecular flexibility index (Phi) is 10.3. The van der Waals surface area contributed by atoms with Gasteiger partial charge in [-0.1, -0.05) is 0 Å². The normalized spacial score (nSPS) is 9.20. The smallest absolute Gasteiger partial charge is 0.233 e. The van der Waals surface area contributed by atoms with Crippen molar-refractivity contribution in [1.82, 2.24) is 10.6 Å². The quantitative estimate of drug-likeness (QED) is 0.444. The Hall–Kier alpha value is -1.05. The van der Waals surface area contributed by atoms with E-state index in [4.69, 9.17) is 4.74 Å². The highest BCUT2D eigenvalue weighted by Crippen LogP contribution is 1.77. The Morgan fingerprint density at radius 3 is 2.87 bits per heavy atom. The second-order valence-corrected chi connectivity index (χ2v) is 3.05. The number of amides is 1. The number of carbonyl (C=O) groups excluding carboxylic acids is 1. The van der Waals surface area contributed by atoms with Crippen LogP contribution in [0.4, 0.5) is 0 Å². The van der Waals surface area contributed by atoms with Gasteiger partial charge >= 0.3 is 0 Å². The van der Waals surface area contributed by atoms with Crippen molar-refractivity contribution >= 4 is 5.91 Å². The Labute approximate surface area is 91.8 Å². The van der Waals surface area contributed by atoms with Crippen LogP contribution in [0, 0.1) is 11.8 Å². The molecule has 15 heavy (non-hydrogen) atoms. The predicted octanol–water partition coefficient (Wildman–Crippen LogP) is 0.142. The third-order valence-corrected chi connectivity index (χ3v) is 1.74.